The molecule has 2 bridgehead atoms. The van der Waals surface area contributed by atoms with E-state index in [1.54, 1.807) is 0 Å². The Morgan fingerprint density at radius 1 is 1.07 bits per heavy atom. The average Bonchev–Trinajstić information content (AvgIpc) is 3.71. The Balaban J connectivity index is 1.06. The molecule has 0 aliphatic carbocycles. The van der Waals surface area contributed by atoms with E-state index in [0.717, 1.165) is 105 Å². The smallest absolute Gasteiger partial charge is 0.225 e. The van der Waals surface area contributed by atoms with Crippen molar-refractivity contribution in [2.24, 2.45) is 17.8 Å². The number of piperazine rings is 1. The summed E-state index contributed by atoms with van der Waals surface area (Å²) >= 11 is 0. The van der Waals surface area contributed by atoms with Gasteiger partial charge in [0.25, 0.3) is 0 Å². The number of anilines is 1. The molecule has 11 heteroatoms. The predicted octanol–water partition coefficient (Wildman–Crippen LogP) is 1.32. The zero-order chi connectivity index (χ0) is 28.8. The van der Waals surface area contributed by atoms with Crippen LogP contribution in [-0.4, -0.2) is 119 Å². The molecule has 0 aromatic carbocycles. The van der Waals surface area contributed by atoms with Gasteiger partial charge in [-0.2, -0.15) is 5.10 Å². The van der Waals surface area contributed by atoms with Gasteiger partial charge >= 0.3 is 0 Å². The number of piperidine rings is 1. The van der Waals surface area contributed by atoms with Crippen molar-refractivity contribution in [2.45, 2.75) is 45.0 Å². The van der Waals surface area contributed by atoms with Gasteiger partial charge in [0.15, 0.2) is 0 Å². The van der Waals surface area contributed by atoms with Gasteiger partial charge < -0.3 is 25.4 Å². The van der Waals surface area contributed by atoms with Crippen molar-refractivity contribution in [3.8, 4) is 16.9 Å². The predicted molar refractivity (Wildman–Crippen MR) is 163 cm³/mol. The van der Waals surface area contributed by atoms with E-state index in [9.17, 15) is 5.11 Å². The highest BCUT2D eigenvalue weighted by Crippen LogP contribution is 2.35. The Labute approximate surface area is 248 Å². The molecule has 3 aromatic rings. The molecule has 5 unspecified atom stereocenters. The maximum absolute atomic E-state index is 10.4. The number of aliphatic hydroxyl groups excluding tert-OH is 1. The number of nitrogens with zero attached hydrogens (tertiary/aromatic N) is 7. The number of likely N-dealkylation sites (tertiary alicyclic amines) is 1. The third-order valence-electron chi connectivity index (χ3n) is 9.92. The summed E-state index contributed by atoms with van der Waals surface area (Å²) in [5.74, 6) is 3.44. The second-order valence-corrected chi connectivity index (χ2v) is 13.1. The van der Waals surface area contributed by atoms with Gasteiger partial charge in [-0.25, -0.2) is 14.5 Å². The highest BCUT2D eigenvalue weighted by Gasteiger charge is 2.45. The van der Waals surface area contributed by atoms with Gasteiger partial charge in [0, 0.05) is 87.0 Å². The molecule has 0 amide bonds. The third kappa shape index (κ3) is 5.37. The number of pyridine rings is 1. The van der Waals surface area contributed by atoms with Crippen LogP contribution in [0.2, 0.25) is 0 Å². The van der Waals surface area contributed by atoms with Crippen LogP contribution in [0.25, 0.3) is 16.6 Å². The molecule has 5 aliphatic rings. The maximum atomic E-state index is 10.4. The first-order chi connectivity index (χ1) is 20.5. The maximum Gasteiger partial charge on any atom is 0.225 e. The van der Waals surface area contributed by atoms with Crippen molar-refractivity contribution in [2.75, 3.05) is 70.9 Å². The summed E-state index contributed by atoms with van der Waals surface area (Å²) in [7, 11) is 1.95. The SMILES string of the molecule is CNCc1cnn2cc(OCCN3CC4CNCC4C3)cc(-c3cnc(N4CC5CC(C4)N5CC(O)C(C)C)nc3)c12. The van der Waals surface area contributed by atoms with Crippen LogP contribution in [0.3, 0.4) is 0 Å². The van der Waals surface area contributed by atoms with Crippen LogP contribution in [0.15, 0.2) is 30.9 Å². The molecule has 11 nitrogen and oxygen atoms in total. The minimum atomic E-state index is -0.275. The lowest BCUT2D eigenvalue weighted by atomic mass is 9.86. The fourth-order valence-electron chi connectivity index (χ4n) is 7.41. The second kappa shape index (κ2) is 11.7. The van der Waals surface area contributed by atoms with Crippen LogP contribution in [0.1, 0.15) is 25.8 Å². The Kier molecular flexibility index (Phi) is 7.78. The van der Waals surface area contributed by atoms with E-state index in [1.807, 2.05) is 36.4 Å². The van der Waals surface area contributed by atoms with Gasteiger partial charge in [0.2, 0.25) is 5.95 Å². The van der Waals surface area contributed by atoms with Gasteiger partial charge in [0.05, 0.1) is 24.0 Å². The molecule has 0 saturated carbocycles. The second-order valence-electron chi connectivity index (χ2n) is 13.1. The molecule has 0 radical (unpaired) electrons. The lowest BCUT2D eigenvalue weighted by Gasteiger charge is -2.57. The van der Waals surface area contributed by atoms with Crippen molar-refractivity contribution >= 4 is 11.5 Å². The summed E-state index contributed by atoms with van der Waals surface area (Å²) < 4.78 is 8.24. The molecule has 8 heterocycles. The first-order valence-electron chi connectivity index (χ1n) is 15.7. The highest BCUT2D eigenvalue weighted by atomic mass is 16.5. The molecular weight excluding hydrogens is 530 g/mol. The number of aromatic nitrogens is 4. The van der Waals surface area contributed by atoms with Gasteiger partial charge in [-0.1, -0.05) is 13.8 Å². The largest absolute Gasteiger partial charge is 0.491 e. The number of fused-ring (bicyclic) bond motifs is 4. The molecule has 42 heavy (non-hydrogen) atoms. The molecule has 5 fully saturated rings. The van der Waals surface area contributed by atoms with Gasteiger partial charge in [-0.05, 0) is 50.4 Å². The third-order valence-corrected chi connectivity index (χ3v) is 9.92. The fourth-order valence-corrected chi connectivity index (χ4v) is 7.41. The molecule has 5 saturated heterocycles. The Morgan fingerprint density at radius 3 is 2.50 bits per heavy atom. The summed E-state index contributed by atoms with van der Waals surface area (Å²) in [6, 6.07) is 3.04. The molecule has 226 valence electrons. The monoisotopic (exact) mass is 575 g/mol. The number of hydrogen-bond donors (Lipinski definition) is 3. The van der Waals surface area contributed by atoms with E-state index < -0.39 is 0 Å². The molecule has 5 aliphatic heterocycles. The van der Waals surface area contributed by atoms with Crippen molar-refractivity contribution in [3.63, 3.8) is 0 Å². The zero-order valence-corrected chi connectivity index (χ0v) is 25.1. The molecule has 8 rings (SSSR count). The average molecular weight is 576 g/mol. The van der Waals surface area contributed by atoms with Crippen molar-refractivity contribution in [1.29, 1.82) is 0 Å². The van der Waals surface area contributed by atoms with E-state index in [2.05, 4.69) is 50.3 Å². The van der Waals surface area contributed by atoms with E-state index in [0.29, 0.717) is 18.7 Å². The Bertz CT molecular complexity index is 1350. The molecule has 5 atom stereocenters. The van der Waals surface area contributed by atoms with Gasteiger partial charge in [0.1, 0.15) is 12.4 Å². The Morgan fingerprint density at radius 2 is 1.81 bits per heavy atom. The van der Waals surface area contributed by atoms with Crippen LogP contribution >= 0.6 is 0 Å². The van der Waals surface area contributed by atoms with E-state index in [-0.39, 0.29) is 12.0 Å². The normalized spacial score (nSPS) is 26.6. The number of ether oxygens (including phenoxy) is 1. The summed E-state index contributed by atoms with van der Waals surface area (Å²) in [5.41, 5.74) is 4.15. The fraction of sp³-hybridized carbons (Fsp3) is 0.645. The lowest BCUT2D eigenvalue weighted by Crippen LogP contribution is -2.70. The quantitative estimate of drug-likeness (QED) is 0.310. The van der Waals surface area contributed by atoms with Crippen LogP contribution < -0.4 is 20.3 Å². The molecular formula is C31H45N9O2. The van der Waals surface area contributed by atoms with Crippen LogP contribution in [-0.2, 0) is 6.54 Å². The Hall–Kier alpha value is -2.83. The molecule has 3 N–H and O–H groups in total. The number of hydrogen-bond acceptors (Lipinski definition) is 10. The van der Waals surface area contributed by atoms with E-state index in [4.69, 9.17) is 14.7 Å². The summed E-state index contributed by atoms with van der Waals surface area (Å²) in [4.78, 5) is 17.0. The van der Waals surface area contributed by atoms with Crippen molar-refractivity contribution < 1.29 is 9.84 Å². The first kappa shape index (κ1) is 28.0. The summed E-state index contributed by atoms with van der Waals surface area (Å²) in [5, 5.41) is 21.8. The van der Waals surface area contributed by atoms with Crippen LogP contribution in [0.5, 0.6) is 5.75 Å². The van der Waals surface area contributed by atoms with Gasteiger partial charge in [-0.15, -0.1) is 0 Å². The van der Waals surface area contributed by atoms with Crippen LogP contribution in [0.4, 0.5) is 5.95 Å². The standard InChI is InChI=1S/C31H45N9O2/c1-20(2)29(41)19-39-25-6-26(39)17-38(16-25)31-34-11-21(12-35-31)28-7-27(18-40-30(28)22(8-32-3)13-36-40)42-5-4-37-14-23-9-33-10-24(23)15-37/h7,11-13,18,20,23-26,29,32-33,41H,4-6,8-10,14-17,19H2,1-3H3. The van der Waals surface area contributed by atoms with Crippen LogP contribution in [0, 0.1) is 17.8 Å². The molecule has 3 aromatic heterocycles. The first-order valence-corrected chi connectivity index (χ1v) is 15.7. The lowest BCUT2D eigenvalue weighted by molar-refractivity contribution is -0.0433. The number of nitrogens with one attached hydrogen (secondary N) is 2. The minimum Gasteiger partial charge on any atom is -0.491 e. The zero-order valence-electron chi connectivity index (χ0n) is 25.1. The van der Waals surface area contributed by atoms with Crippen molar-refractivity contribution in [3.05, 3.63) is 36.4 Å². The number of aliphatic hydroxyl groups is 1. The highest BCUT2D eigenvalue weighted by molar-refractivity contribution is 5.83. The van der Waals surface area contributed by atoms with Crippen molar-refractivity contribution in [1.82, 2.24) is 40.0 Å². The number of rotatable bonds is 11. The topological polar surface area (TPSA) is 106 Å². The van der Waals surface area contributed by atoms with E-state index >= 15 is 0 Å². The van der Waals surface area contributed by atoms with E-state index in [1.165, 1.54) is 6.42 Å². The summed E-state index contributed by atoms with van der Waals surface area (Å²) in [6.07, 6.45) is 8.70. The molecule has 0 spiro atoms. The minimum absolute atomic E-state index is 0.275. The van der Waals surface area contributed by atoms with Gasteiger partial charge in [-0.3, -0.25) is 9.80 Å². The summed E-state index contributed by atoms with van der Waals surface area (Å²) in [6.45, 7) is 13.7.